The lowest BCUT2D eigenvalue weighted by Crippen LogP contribution is -2.66. The first-order valence-electron chi connectivity index (χ1n) is 14.0. The molecule has 1 N–H and O–H groups in total. The van der Waals surface area contributed by atoms with Gasteiger partial charge in [-0.05, 0) is 122 Å². The number of allylic oxidation sites excluding steroid dienone is 1. The van der Waals surface area contributed by atoms with E-state index >= 15 is 0 Å². The Kier molecular flexibility index (Phi) is 4.96. The third-order valence-corrected chi connectivity index (χ3v) is 14.1. The molecule has 9 atom stereocenters. The maximum absolute atomic E-state index is 12.8. The fourth-order valence-corrected chi connectivity index (χ4v) is 12.6. The van der Waals surface area contributed by atoms with E-state index in [2.05, 4.69) is 57.7 Å². The third-order valence-electron chi connectivity index (χ3n) is 13.3. The number of aromatic nitrogens is 2. The zero-order valence-electron chi connectivity index (χ0n) is 22.6. The summed E-state index contributed by atoms with van der Waals surface area (Å²) in [5, 5.41) is 15.2. The molecule has 4 nitrogen and oxygen atoms in total. The van der Waals surface area contributed by atoms with Gasteiger partial charge in [-0.15, -0.1) is 5.10 Å². The monoisotopic (exact) mass is 496 g/mol. The number of rotatable bonds is 2. The number of aliphatic carboxylic acids is 1. The molecule has 4 fully saturated rings. The average molecular weight is 497 g/mol. The van der Waals surface area contributed by atoms with Gasteiger partial charge < -0.3 is 5.11 Å². The Morgan fingerprint density at radius 1 is 0.971 bits per heavy atom. The smallest absolute Gasteiger partial charge is 0.309 e. The van der Waals surface area contributed by atoms with Crippen LogP contribution < -0.4 is 0 Å². The number of nitrogens with zero attached hydrogens (tertiary/aromatic N) is 2. The SMILES string of the molecule is C=C(C)[C@@H]1CC[C@]2(C(=O)O)CC[C@]3(C)[C@H](CC[C@@H]4[C@@]5(C)Cc6snnc6C(C)(C)[C@@H]5CC[C@]43C)[C@@H]12. The second kappa shape index (κ2) is 7.20. The Hall–Kier alpha value is -1.23. The highest BCUT2D eigenvalue weighted by molar-refractivity contribution is 7.05. The zero-order valence-corrected chi connectivity index (χ0v) is 23.4. The summed E-state index contributed by atoms with van der Waals surface area (Å²) >= 11 is 1.62. The van der Waals surface area contributed by atoms with Gasteiger partial charge in [0.15, 0.2) is 0 Å². The van der Waals surface area contributed by atoms with Gasteiger partial charge in [-0.25, -0.2) is 0 Å². The molecule has 0 spiro atoms. The van der Waals surface area contributed by atoms with Gasteiger partial charge in [0, 0.05) is 10.3 Å². The zero-order chi connectivity index (χ0) is 25.2. The van der Waals surface area contributed by atoms with Crippen molar-refractivity contribution < 1.29 is 9.90 Å². The van der Waals surface area contributed by atoms with Gasteiger partial charge in [0.25, 0.3) is 0 Å². The molecule has 0 radical (unpaired) electrons. The highest BCUT2D eigenvalue weighted by Crippen LogP contribution is 2.77. The number of carboxylic acid groups (broad SMARTS) is 1. The summed E-state index contributed by atoms with van der Waals surface area (Å²) in [6, 6.07) is 0. The average Bonchev–Trinajstić information content (AvgIpc) is 3.39. The molecule has 4 saturated carbocycles. The van der Waals surface area contributed by atoms with Gasteiger partial charge in [0.05, 0.1) is 11.1 Å². The second-order valence-electron chi connectivity index (χ2n) is 14.6. The van der Waals surface area contributed by atoms with Gasteiger partial charge in [0.2, 0.25) is 0 Å². The molecule has 0 saturated heterocycles. The van der Waals surface area contributed by atoms with E-state index in [9.17, 15) is 9.90 Å². The van der Waals surface area contributed by atoms with Crippen LogP contribution >= 0.6 is 11.5 Å². The summed E-state index contributed by atoms with van der Waals surface area (Å²) in [5.74, 6) is 1.85. The van der Waals surface area contributed by atoms with E-state index in [-0.39, 0.29) is 27.6 Å². The molecule has 0 aliphatic heterocycles. The Balaban J connectivity index is 1.44. The normalized spacial score (nSPS) is 49.7. The minimum atomic E-state index is -0.534. The molecule has 1 aromatic rings. The molecule has 5 aliphatic carbocycles. The molecule has 1 heterocycles. The van der Waals surface area contributed by atoms with Crippen LogP contribution in [0.3, 0.4) is 0 Å². The van der Waals surface area contributed by atoms with Crippen molar-refractivity contribution in [1.29, 1.82) is 0 Å². The van der Waals surface area contributed by atoms with E-state index in [0.717, 1.165) is 32.1 Å². The van der Waals surface area contributed by atoms with Crippen molar-refractivity contribution in [2.45, 2.75) is 105 Å². The van der Waals surface area contributed by atoms with Gasteiger partial charge in [-0.2, -0.15) is 0 Å². The number of carboxylic acids is 1. The van der Waals surface area contributed by atoms with Gasteiger partial charge in [0.1, 0.15) is 0 Å². The van der Waals surface area contributed by atoms with Crippen molar-refractivity contribution in [3.63, 3.8) is 0 Å². The molecule has 35 heavy (non-hydrogen) atoms. The number of fused-ring (bicyclic) bond motifs is 8. The van der Waals surface area contributed by atoms with E-state index in [4.69, 9.17) is 0 Å². The van der Waals surface area contributed by atoms with Crippen LogP contribution in [0.15, 0.2) is 12.2 Å². The van der Waals surface area contributed by atoms with Crippen LogP contribution in [0.2, 0.25) is 0 Å². The van der Waals surface area contributed by atoms with Crippen LogP contribution in [0.25, 0.3) is 0 Å². The van der Waals surface area contributed by atoms with Crippen LogP contribution in [-0.4, -0.2) is 20.7 Å². The predicted octanol–water partition coefficient (Wildman–Crippen LogP) is 7.29. The number of hydrogen-bond donors (Lipinski definition) is 1. The topological polar surface area (TPSA) is 63.1 Å². The van der Waals surface area contributed by atoms with Crippen LogP contribution in [0, 0.1) is 51.2 Å². The molecule has 0 amide bonds. The van der Waals surface area contributed by atoms with Gasteiger partial charge in [-0.1, -0.05) is 51.3 Å². The van der Waals surface area contributed by atoms with E-state index in [1.165, 1.54) is 41.8 Å². The summed E-state index contributed by atoms with van der Waals surface area (Å²) < 4.78 is 4.40. The highest BCUT2D eigenvalue weighted by atomic mass is 32.1. The molecule has 1 aromatic heterocycles. The molecule has 5 heteroatoms. The van der Waals surface area contributed by atoms with Crippen LogP contribution in [0.5, 0.6) is 0 Å². The molecule has 5 aliphatic rings. The third kappa shape index (κ3) is 2.72. The van der Waals surface area contributed by atoms with E-state index in [1.807, 2.05) is 0 Å². The van der Waals surface area contributed by atoms with Crippen LogP contribution in [0.1, 0.15) is 103 Å². The van der Waals surface area contributed by atoms with E-state index < -0.39 is 11.4 Å². The van der Waals surface area contributed by atoms with Crippen molar-refractivity contribution in [2.24, 2.45) is 51.2 Å². The summed E-state index contributed by atoms with van der Waals surface area (Å²) in [6.07, 6.45) is 9.79. The Morgan fingerprint density at radius 2 is 1.71 bits per heavy atom. The first kappa shape index (κ1) is 24.1. The summed E-state index contributed by atoms with van der Waals surface area (Å²) in [7, 11) is 0. The van der Waals surface area contributed by atoms with Gasteiger partial charge in [-0.3, -0.25) is 4.79 Å². The van der Waals surface area contributed by atoms with Crippen molar-refractivity contribution in [2.75, 3.05) is 0 Å². The van der Waals surface area contributed by atoms with Gasteiger partial charge >= 0.3 is 5.97 Å². The minimum Gasteiger partial charge on any atom is -0.481 e. The molecule has 0 bridgehead atoms. The number of carbonyl (C=O) groups is 1. The first-order valence-corrected chi connectivity index (χ1v) is 14.8. The molecule has 0 unspecified atom stereocenters. The molecular weight excluding hydrogens is 452 g/mol. The predicted molar refractivity (Wildman–Crippen MR) is 140 cm³/mol. The maximum atomic E-state index is 12.8. The molecule has 6 rings (SSSR count). The Morgan fingerprint density at radius 3 is 2.40 bits per heavy atom. The van der Waals surface area contributed by atoms with E-state index in [1.54, 1.807) is 11.5 Å². The lowest BCUT2D eigenvalue weighted by molar-refractivity contribution is -0.227. The molecular formula is C30H44N2O2S. The largest absolute Gasteiger partial charge is 0.481 e. The fourth-order valence-electron chi connectivity index (χ4n) is 11.6. The quantitative estimate of drug-likeness (QED) is 0.437. The van der Waals surface area contributed by atoms with E-state index in [0.29, 0.717) is 23.7 Å². The summed E-state index contributed by atoms with van der Waals surface area (Å²) in [5.41, 5.74) is 2.67. The Labute approximate surface area is 215 Å². The lowest BCUT2D eigenvalue weighted by Gasteiger charge is -2.72. The van der Waals surface area contributed by atoms with Crippen molar-refractivity contribution in [3.05, 3.63) is 22.7 Å². The maximum Gasteiger partial charge on any atom is 0.309 e. The first-order chi connectivity index (χ1) is 16.3. The minimum absolute atomic E-state index is 0.0654. The van der Waals surface area contributed by atoms with Crippen LogP contribution in [0.4, 0.5) is 0 Å². The lowest BCUT2D eigenvalue weighted by atomic mass is 9.32. The van der Waals surface area contributed by atoms with Crippen molar-refractivity contribution >= 4 is 17.5 Å². The molecule has 192 valence electrons. The summed E-state index contributed by atoms with van der Waals surface area (Å²) in [4.78, 5) is 14.2. The van der Waals surface area contributed by atoms with Crippen molar-refractivity contribution in [3.8, 4) is 0 Å². The van der Waals surface area contributed by atoms with Crippen LogP contribution in [-0.2, 0) is 16.6 Å². The highest BCUT2D eigenvalue weighted by Gasteiger charge is 2.72. The van der Waals surface area contributed by atoms with Crippen molar-refractivity contribution in [1.82, 2.24) is 9.59 Å². The standard InChI is InChI=1S/C30H44N2O2S/c1-17(2)18-10-13-30(25(33)34)15-14-28(6)19(23(18)30)8-9-22-27(5)16-20-24(31-32-35-20)26(3,4)21(27)11-12-29(22,28)7/h18-19,21-23H,1,8-16H2,2-7H3,(H,33,34)/t18-,19+,21-,22+,23+,27-,28+,29+,30-/m0/s1. The fraction of sp³-hybridized carbons (Fsp3) is 0.833. The molecule has 0 aromatic carbocycles. The Bertz CT molecular complexity index is 1090. The second-order valence-corrected chi connectivity index (χ2v) is 15.4. The summed E-state index contributed by atoms with van der Waals surface area (Å²) in [6.45, 7) is 19.2. The number of hydrogen-bond acceptors (Lipinski definition) is 4.